The number of ether oxygens (including phenoxy) is 1. The number of likely N-dealkylation sites (tertiary alicyclic amines) is 1. The minimum atomic E-state index is -4.65. The Morgan fingerprint density at radius 1 is 1.29 bits per heavy atom. The third kappa shape index (κ3) is 4.31. The zero-order valence-electron chi connectivity index (χ0n) is 12.7. The van der Waals surface area contributed by atoms with Gasteiger partial charge in [0.2, 0.25) is 5.91 Å². The molecule has 0 saturated carbocycles. The summed E-state index contributed by atoms with van der Waals surface area (Å²) in [4.78, 5) is 24.2. The summed E-state index contributed by atoms with van der Waals surface area (Å²) in [7, 11) is 1.43. The Kier molecular flexibility index (Phi) is 6.48. The van der Waals surface area contributed by atoms with E-state index in [4.69, 9.17) is 9.84 Å². The molecule has 2 atom stereocenters. The van der Waals surface area contributed by atoms with Crippen LogP contribution in [0.15, 0.2) is 24.3 Å². The second-order valence-corrected chi connectivity index (χ2v) is 5.38. The first-order chi connectivity index (χ1) is 10.7. The van der Waals surface area contributed by atoms with Crippen LogP contribution >= 0.6 is 12.4 Å². The zero-order valence-corrected chi connectivity index (χ0v) is 13.6. The van der Waals surface area contributed by atoms with Crippen LogP contribution in [0.3, 0.4) is 0 Å². The van der Waals surface area contributed by atoms with Crippen molar-refractivity contribution in [3.63, 3.8) is 0 Å². The minimum absolute atomic E-state index is 0. The first-order valence-corrected chi connectivity index (χ1v) is 6.93. The van der Waals surface area contributed by atoms with Gasteiger partial charge in [-0.25, -0.2) is 0 Å². The molecule has 1 fully saturated rings. The molecular weight excluding hydrogens is 351 g/mol. The van der Waals surface area contributed by atoms with E-state index < -0.39 is 43.0 Å². The number of hydrogen-bond donors (Lipinski definition) is 1. The van der Waals surface area contributed by atoms with Crippen LogP contribution in [0, 0.1) is 11.8 Å². The highest BCUT2D eigenvalue weighted by molar-refractivity contribution is 5.85. The Bertz CT molecular complexity index is 609. The quantitative estimate of drug-likeness (QED) is 0.887. The first-order valence-electron chi connectivity index (χ1n) is 6.93. The molecule has 1 N–H and O–H groups in total. The van der Waals surface area contributed by atoms with Crippen molar-refractivity contribution in [1.29, 1.82) is 0 Å². The standard InChI is InChI=1S/C15H16F3NO4.ClH/c1-23-12-5-3-2-4-9(12)6-13(20)19-7-10(14(21)22)11(8-19)15(16,17)18;/h2-5,10-11H,6-8H2,1H3,(H,21,22);1H/t10-,11-;/m1./s1. The van der Waals surface area contributed by atoms with E-state index in [-0.39, 0.29) is 18.8 Å². The number of carboxylic acids is 1. The lowest BCUT2D eigenvalue weighted by Gasteiger charge is -2.18. The highest BCUT2D eigenvalue weighted by atomic mass is 35.5. The van der Waals surface area contributed by atoms with Crippen molar-refractivity contribution >= 4 is 24.3 Å². The molecule has 1 heterocycles. The van der Waals surface area contributed by atoms with Crippen molar-refractivity contribution in [2.75, 3.05) is 20.2 Å². The number of rotatable bonds is 4. The average Bonchev–Trinajstić information content (AvgIpc) is 2.93. The molecule has 1 aromatic carbocycles. The topological polar surface area (TPSA) is 66.8 Å². The summed E-state index contributed by atoms with van der Waals surface area (Å²) in [5, 5.41) is 8.96. The highest BCUT2D eigenvalue weighted by Gasteiger charge is 2.53. The molecule has 1 saturated heterocycles. The SMILES string of the molecule is COc1ccccc1CC(=O)N1C[C@@H](C(F)(F)F)[C@H](C(=O)O)C1.Cl. The number of carbonyl (C=O) groups is 2. The van der Waals surface area contributed by atoms with Gasteiger partial charge in [0.25, 0.3) is 0 Å². The van der Waals surface area contributed by atoms with Crippen LogP contribution in [0.5, 0.6) is 5.75 Å². The van der Waals surface area contributed by atoms with Gasteiger partial charge in [-0.15, -0.1) is 12.4 Å². The van der Waals surface area contributed by atoms with Gasteiger partial charge >= 0.3 is 12.1 Å². The largest absolute Gasteiger partial charge is 0.496 e. The number of para-hydroxylation sites is 1. The fraction of sp³-hybridized carbons (Fsp3) is 0.467. The van der Waals surface area contributed by atoms with E-state index in [0.717, 1.165) is 4.90 Å². The van der Waals surface area contributed by atoms with Crippen LogP contribution in [-0.4, -0.2) is 48.3 Å². The van der Waals surface area contributed by atoms with Gasteiger partial charge in [0.05, 0.1) is 25.4 Å². The van der Waals surface area contributed by atoms with Crippen molar-refractivity contribution in [2.24, 2.45) is 11.8 Å². The normalized spacial score (nSPS) is 20.4. The van der Waals surface area contributed by atoms with Crippen LogP contribution in [0.25, 0.3) is 0 Å². The Morgan fingerprint density at radius 3 is 2.42 bits per heavy atom. The summed E-state index contributed by atoms with van der Waals surface area (Å²) >= 11 is 0. The molecule has 1 aliphatic heterocycles. The monoisotopic (exact) mass is 367 g/mol. The molecule has 0 bridgehead atoms. The van der Waals surface area contributed by atoms with Gasteiger partial charge in [-0.2, -0.15) is 13.2 Å². The zero-order chi connectivity index (χ0) is 17.2. The molecule has 0 unspecified atom stereocenters. The number of hydrogen-bond acceptors (Lipinski definition) is 3. The van der Waals surface area contributed by atoms with Crippen molar-refractivity contribution in [3.05, 3.63) is 29.8 Å². The van der Waals surface area contributed by atoms with Crippen molar-refractivity contribution < 1.29 is 32.6 Å². The van der Waals surface area contributed by atoms with Gasteiger partial charge in [0.1, 0.15) is 5.75 Å². The van der Waals surface area contributed by atoms with E-state index in [1.807, 2.05) is 0 Å². The number of halogens is 4. The molecule has 24 heavy (non-hydrogen) atoms. The summed E-state index contributed by atoms with van der Waals surface area (Å²) in [6.07, 6.45) is -4.79. The third-order valence-corrected chi connectivity index (χ3v) is 3.94. The molecule has 0 aromatic heterocycles. The first kappa shape index (κ1) is 20.1. The summed E-state index contributed by atoms with van der Waals surface area (Å²) in [5.41, 5.74) is 0.544. The molecule has 2 rings (SSSR count). The molecule has 134 valence electrons. The number of amides is 1. The van der Waals surface area contributed by atoms with E-state index >= 15 is 0 Å². The maximum Gasteiger partial charge on any atom is 0.394 e. The van der Waals surface area contributed by atoms with Crippen LogP contribution in [-0.2, 0) is 16.0 Å². The second kappa shape index (κ2) is 7.74. The van der Waals surface area contributed by atoms with Gasteiger partial charge in [0, 0.05) is 18.7 Å². The van der Waals surface area contributed by atoms with Gasteiger partial charge in [-0.3, -0.25) is 9.59 Å². The summed E-state index contributed by atoms with van der Waals surface area (Å²) in [6, 6.07) is 6.68. The predicted octanol–water partition coefficient (Wildman–Crippen LogP) is 2.38. The molecule has 1 aromatic rings. The van der Waals surface area contributed by atoms with Crippen LogP contribution in [0.4, 0.5) is 13.2 Å². The fourth-order valence-corrected chi connectivity index (χ4v) is 2.71. The molecular formula is C15H17ClF3NO4. The van der Waals surface area contributed by atoms with Gasteiger partial charge in [0.15, 0.2) is 0 Å². The number of aliphatic carboxylic acids is 1. The fourth-order valence-electron chi connectivity index (χ4n) is 2.71. The smallest absolute Gasteiger partial charge is 0.394 e. The van der Waals surface area contributed by atoms with E-state index in [9.17, 15) is 22.8 Å². The molecule has 0 radical (unpaired) electrons. The summed E-state index contributed by atoms with van der Waals surface area (Å²) in [6.45, 7) is -1.07. The Hall–Kier alpha value is -1.96. The van der Waals surface area contributed by atoms with Crippen molar-refractivity contribution in [2.45, 2.75) is 12.6 Å². The van der Waals surface area contributed by atoms with Crippen LogP contribution in [0.1, 0.15) is 5.56 Å². The number of carbonyl (C=O) groups excluding carboxylic acids is 1. The number of carboxylic acid groups (broad SMARTS) is 1. The van der Waals surface area contributed by atoms with Gasteiger partial charge < -0.3 is 14.7 Å². The Morgan fingerprint density at radius 2 is 1.92 bits per heavy atom. The van der Waals surface area contributed by atoms with E-state index in [2.05, 4.69) is 0 Å². The number of alkyl halides is 3. The van der Waals surface area contributed by atoms with Crippen molar-refractivity contribution in [1.82, 2.24) is 4.90 Å². The van der Waals surface area contributed by atoms with Crippen LogP contribution < -0.4 is 4.74 Å². The van der Waals surface area contributed by atoms with Gasteiger partial charge in [-0.1, -0.05) is 18.2 Å². The third-order valence-electron chi connectivity index (χ3n) is 3.94. The predicted molar refractivity (Wildman–Crippen MR) is 81.2 cm³/mol. The Labute approximate surface area is 142 Å². The Balaban J connectivity index is 0.00000288. The molecule has 0 aliphatic carbocycles. The van der Waals surface area contributed by atoms with Crippen molar-refractivity contribution in [3.8, 4) is 5.75 Å². The minimum Gasteiger partial charge on any atom is -0.496 e. The van der Waals surface area contributed by atoms with Gasteiger partial charge in [-0.05, 0) is 6.07 Å². The number of nitrogens with zero attached hydrogens (tertiary/aromatic N) is 1. The molecule has 5 nitrogen and oxygen atoms in total. The average molecular weight is 368 g/mol. The van der Waals surface area contributed by atoms with E-state index in [1.165, 1.54) is 7.11 Å². The highest BCUT2D eigenvalue weighted by Crippen LogP contribution is 2.38. The summed E-state index contributed by atoms with van der Waals surface area (Å²) in [5.74, 6) is -5.30. The molecule has 0 spiro atoms. The lowest BCUT2D eigenvalue weighted by atomic mass is 9.96. The molecule has 1 aliphatic rings. The maximum atomic E-state index is 12.9. The van der Waals surface area contributed by atoms with E-state index in [1.54, 1.807) is 24.3 Å². The molecule has 1 amide bonds. The second-order valence-electron chi connectivity index (χ2n) is 5.38. The number of methoxy groups -OCH3 is 1. The van der Waals surface area contributed by atoms with E-state index in [0.29, 0.717) is 11.3 Å². The maximum absolute atomic E-state index is 12.9. The lowest BCUT2D eigenvalue weighted by Crippen LogP contribution is -2.34. The molecule has 9 heteroatoms. The summed E-state index contributed by atoms with van der Waals surface area (Å²) < 4.78 is 43.9. The van der Waals surface area contributed by atoms with Crippen LogP contribution in [0.2, 0.25) is 0 Å². The lowest BCUT2D eigenvalue weighted by molar-refractivity contribution is -0.188. The number of benzene rings is 1.